The molecule has 0 aromatic heterocycles. The summed E-state index contributed by atoms with van der Waals surface area (Å²) >= 11 is 17.1. The summed E-state index contributed by atoms with van der Waals surface area (Å²) in [6.45, 7) is 4.21. The van der Waals surface area contributed by atoms with E-state index in [4.69, 9.17) is 34.8 Å². The van der Waals surface area contributed by atoms with Crippen molar-refractivity contribution in [3.05, 3.63) is 47.7 Å². The summed E-state index contributed by atoms with van der Waals surface area (Å²) in [4.78, 5) is 13.7. The highest BCUT2D eigenvalue weighted by Gasteiger charge is 2.36. The van der Waals surface area contributed by atoms with Crippen molar-refractivity contribution in [2.75, 3.05) is 0 Å². The second-order valence-electron chi connectivity index (χ2n) is 4.01. The van der Waals surface area contributed by atoms with Gasteiger partial charge in [-0.25, -0.2) is 0 Å². The van der Waals surface area contributed by atoms with Crippen LogP contribution >= 0.6 is 34.8 Å². The van der Waals surface area contributed by atoms with Crippen molar-refractivity contribution in [3.63, 3.8) is 0 Å². The van der Waals surface area contributed by atoms with E-state index in [1.165, 1.54) is 4.90 Å². The zero-order valence-corrected chi connectivity index (χ0v) is 13.1. The molecule has 1 rings (SSSR count). The third kappa shape index (κ3) is 4.72. The lowest BCUT2D eigenvalue weighted by Crippen LogP contribution is -2.38. The van der Waals surface area contributed by atoms with E-state index in [0.29, 0.717) is 13.0 Å². The van der Waals surface area contributed by atoms with Gasteiger partial charge < -0.3 is 4.90 Å². The van der Waals surface area contributed by atoms with Crippen LogP contribution < -0.4 is 0 Å². The number of carbonyl (C=O) groups excluding carboxylic acids is 1. The van der Waals surface area contributed by atoms with E-state index in [1.54, 1.807) is 0 Å². The fourth-order valence-electron chi connectivity index (χ4n) is 1.77. The number of halogens is 3. The van der Waals surface area contributed by atoms with Crippen LogP contribution in [0.3, 0.4) is 0 Å². The summed E-state index contributed by atoms with van der Waals surface area (Å²) in [6, 6.07) is 9.60. The Morgan fingerprint density at radius 3 is 2.26 bits per heavy atom. The van der Waals surface area contributed by atoms with Crippen molar-refractivity contribution in [1.82, 2.24) is 4.90 Å². The number of allylic oxidation sites excluding steroid dienone is 2. The van der Waals surface area contributed by atoms with Gasteiger partial charge in [-0.1, -0.05) is 78.1 Å². The highest BCUT2D eigenvalue weighted by atomic mass is 35.6. The molecule has 0 unspecified atom stereocenters. The molecule has 0 aliphatic carbocycles. The molecular formula is C14H16Cl3NO. The van der Waals surface area contributed by atoms with Gasteiger partial charge in [0.05, 0.1) is 6.54 Å². The summed E-state index contributed by atoms with van der Waals surface area (Å²) in [5.41, 5.74) is 1.82. The molecule has 0 heterocycles. The second-order valence-corrected chi connectivity index (χ2v) is 6.29. The molecule has 1 aromatic carbocycles. The Labute approximate surface area is 128 Å². The first kappa shape index (κ1) is 16.4. The van der Waals surface area contributed by atoms with Gasteiger partial charge in [-0.15, -0.1) is 0 Å². The SMILES string of the molecule is CC=C(CC)N(Cc1ccccc1)C(=O)C(Cl)(Cl)Cl. The van der Waals surface area contributed by atoms with Gasteiger partial charge in [0.1, 0.15) is 0 Å². The first-order valence-electron chi connectivity index (χ1n) is 5.98. The Morgan fingerprint density at radius 1 is 1.26 bits per heavy atom. The maximum Gasteiger partial charge on any atom is 0.279 e. The Bertz CT molecular complexity index is 452. The number of hydrogen-bond acceptors (Lipinski definition) is 1. The molecule has 1 amide bonds. The Kier molecular flexibility index (Phi) is 6.18. The second kappa shape index (κ2) is 7.18. The Balaban J connectivity index is 3.04. The number of alkyl halides is 3. The molecule has 0 saturated carbocycles. The summed E-state index contributed by atoms with van der Waals surface area (Å²) < 4.78 is -1.95. The summed E-state index contributed by atoms with van der Waals surface area (Å²) in [5.74, 6) is -0.531. The Morgan fingerprint density at radius 2 is 1.84 bits per heavy atom. The minimum absolute atomic E-state index is 0.390. The summed E-state index contributed by atoms with van der Waals surface area (Å²) in [7, 11) is 0. The molecule has 0 saturated heterocycles. The fourth-order valence-corrected chi connectivity index (χ4v) is 2.08. The van der Waals surface area contributed by atoms with Crippen LogP contribution in [-0.4, -0.2) is 14.6 Å². The molecule has 5 heteroatoms. The van der Waals surface area contributed by atoms with Gasteiger partial charge in [0.2, 0.25) is 0 Å². The van der Waals surface area contributed by atoms with Crippen LogP contribution in [0.4, 0.5) is 0 Å². The van der Waals surface area contributed by atoms with Crippen molar-refractivity contribution in [2.24, 2.45) is 0 Å². The maximum atomic E-state index is 12.2. The van der Waals surface area contributed by atoms with Crippen LogP contribution in [0.25, 0.3) is 0 Å². The average molecular weight is 321 g/mol. The lowest BCUT2D eigenvalue weighted by Gasteiger charge is -2.28. The van der Waals surface area contributed by atoms with Gasteiger partial charge in [0, 0.05) is 5.70 Å². The van der Waals surface area contributed by atoms with Crippen LogP contribution in [-0.2, 0) is 11.3 Å². The van der Waals surface area contributed by atoms with E-state index in [2.05, 4.69) is 0 Å². The first-order chi connectivity index (χ1) is 8.90. The van der Waals surface area contributed by atoms with Gasteiger partial charge in [0.15, 0.2) is 0 Å². The van der Waals surface area contributed by atoms with Gasteiger partial charge in [-0.2, -0.15) is 0 Å². The highest BCUT2D eigenvalue weighted by Crippen LogP contribution is 2.31. The summed E-state index contributed by atoms with van der Waals surface area (Å²) in [5, 5.41) is 0. The zero-order chi connectivity index (χ0) is 14.5. The number of rotatable bonds is 4. The van der Waals surface area contributed by atoms with Crippen LogP contribution in [0.1, 0.15) is 25.8 Å². The molecule has 0 aliphatic heterocycles. The largest absolute Gasteiger partial charge is 0.308 e. The van der Waals surface area contributed by atoms with E-state index in [9.17, 15) is 4.79 Å². The molecule has 0 bridgehead atoms. The number of hydrogen-bond donors (Lipinski definition) is 0. The molecule has 1 aromatic rings. The normalized spacial score (nSPS) is 12.4. The van der Waals surface area contributed by atoms with Crippen molar-refractivity contribution < 1.29 is 4.79 Å². The van der Waals surface area contributed by atoms with Crippen LogP contribution in [0, 0.1) is 0 Å². The van der Waals surface area contributed by atoms with Crippen molar-refractivity contribution >= 4 is 40.7 Å². The van der Waals surface area contributed by atoms with Crippen LogP contribution in [0.15, 0.2) is 42.1 Å². The molecule has 0 radical (unpaired) electrons. The lowest BCUT2D eigenvalue weighted by molar-refractivity contribution is -0.129. The lowest BCUT2D eigenvalue weighted by atomic mass is 10.2. The van der Waals surface area contributed by atoms with Crippen molar-refractivity contribution in [1.29, 1.82) is 0 Å². The third-order valence-electron chi connectivity index (χ3n) is 2.71. The molecule has 0 spiro atoms. The molecule has 0 atom stereocenters. The predicted octanol–water partition coefficient (Wildman–Crippen LogP) is 4.70. The first-order valence-corrected chi connectivity index (χ1v) is 7.11. The zero-order valence-electron chi connectivity index (χ0n) is 10.9. The highest BCUT2D eigenvalue weighted by molar-refractivity contribution is 6.76. The van der Waals surface area contributed by atoms with Gasteiger partial charge >= 0.3 is 0 Å². The van der Waals surface area contributed by atoms with E-state index in [-0.39, 0.29) is 0 Å². The number of amides is 1. The van der Waals surface area contributed by atoms with Gasteiger partial charge in [0.25, 0.3) is 9.70 Å². The number of carbonyl (C=O) groups is 1. The van der Waals surface area contributed by atoms with E-state index < -0.39 is 9.70 Å². The van der Waals surface area contributed by atoms with Crippen molar-refractivity contribution in [2.45, 2.75) is 30.6 Å². The van der Waals surface area contributed by atoms with Crippen LogP contribution in [0.2, 0.25) is 0 Å². The quantitative estimate of drug-likeness (QED) is 0.736. The number of nitrogens with zero attached hydrogens (tertiary/aromatic N) is 1. The molecule has 0 aliphatic rings. The smallest absolute Gasteiger partial charge is 0.279 e. The molecule has 19 heavy (non-hydrogen) atoms. The standard InChI is InChI=1S/C14H16Cl3NO/c1-3-12(4-2)18(13(19)14(15,16)17)10-11-8-6-5-7-9-11/h3,5-9H,4,10H2,1-2H3. The van der Waals surface area contributed by atoms with Crippen molar-refractivity contribution in [3.8, 4) is 0 Å². The molecule has 0 N–H and O–H groups in total. The predicted molar refractivity (Wildman–Crippen MR) is 81.3 cm³/mol. The minimum Gasteiger partial charge on any atom is -0.308 e. The van der Waals surface area contributed by atoms with E-state index >= 15 is 0 Å². The number of benzene rings is 1. The monoisotopic (exact) mass is 319 g/mol. The van der Waals surface area contributed by atoms with Gasteiger partial charge in [-0.05, 0) is 18.9 Å². The van der Waals surface area contributed by atoms with E-state index in [1.807, 2.05) is 50.3 Å². The molecule has 104 valence electrons. The third-order valence-corrected chi connectivity index (χ3v) is 3.20. The average Bonchev–Trinajstić information content (AvgIpc) is 2.38. The fraction of sp³-hybridized carbons (Fsp3) is 0.357. The topological polar surface area (TPSA) is 20.3 Å². The maximum absolute atomic E-state index is 12.2. The van der Waals surface area contributed by atoms with Crippen LogP contribution in [0.5, 0.6) is 0 Å². The van der Waals surface area contributed by atoms with Gasteiger partial charge in [-0.3, -0.25) is 4.79 Å². The van der Waals surface area contributed by atoms with E-state index in [0.717, 1.165) is 11.3 Å². The summed E-state index contributed by atoms with van der Waals surface area (Å²) in [6.07, 6.45) is 2.55. The molecule has 0 fully saturated rings. The minimum atomic E-state index is -1.95. The molecular weight excluding hydrogens is 305 g/mol. The Hall–Kier alpha value is -0.700. The molecule has 2 nitrogen and oxygen atoms in total.